The van der Waals surface area contributed by atoms with E-state index in [0.29, 0.717) is 16.3 Å². The van der Waals surface area contributed by atoms with Crippen LogP contribution in [0.4, 0.5) is 4.79 Å². The minimum atomic E-state index is -0.648. The number of rotatable bonds is 6. The summed E-state index contributed by atoms with van der Waals surface area (Å²) in [6, 6.07) is 13.7. The highest BCUT2D eigenvalue weighted by molar-refractivity contribution is 6.30. The quantitative estimate of drug-likeness (QED) is 0.850. The lowest BCUT2D eigenvalue weighted by Crippen LogP contribution is -2.31. The van der Waals surface area contributed by atoms with Crippen molar-refractivity contribution in [1.82, 2.24) is 5.32 Å². The number of aliphatic hydroxyl groups excluding tert-OH is 1. The molecule has 0 bridgehead atoms. The number of nitrogens with one attached hydrogen (secondary N) is 1. The van der Waals surface area contributed by atoms with Crippen molar-refractivity contribution >= 4 is 17.7 Å². The monoisotopic (exact) mass is 335 g/mol. The normalized spacial score (nSPS) is 11.6. The Morgan fingerprint density at radius 3 is 2.65 bits per heavy atom. The van der Waals surface area contributed by atoms with Crippen LogP contribution in [0.2, 0.25) is 5.02 Å². The van der Waals surface area contributed by atoms with Crippen molar-refractivity contribution in [2.24, 2.45) is 0 Å². The molecule has 122 valence electrons. The van der Waals surface area contributed by atoms with Gasteiger partial charge in [-0.1, -0.05) is 48.0 Å². The molecule has 0 heterocycles. The SMILES string of the molecule is COc1cc(Cl)ccc1C(CO)NC(=O)OCc1ccccc1. The maximum atomic E-state index is 11.9. The fourth-order valence-electron chi connectivity index (χ4n) is 2.10. The molecule has 0 fully saturated rings. The van der Waals surface area contributed by atoms with Gasteiger partial charge in [0.05, 0.1) is 19.8 Å². The van der Waals surface area contributed by atoms with Crippen LogP contribution < -0.4 is 10.1 Å². The first-order valence-corrected chi connectivity index (χ1v) is 7.43. The average Bonchev–Trinajstić information content (AvgIpc) is 2.59. The van der Waals surface area contributed by atoms with E-state index in [1.165, 1.54) is 7.11 Å². The highest BCUT2D eigenvalue weighted by atomic mass is 35.5. The van der Waals surface area contributed by atoms with E-state index >= 15 is 0 Å². The molecule has 0 aliphatic heterocycles. The molecule has 6 heteroatoms. The Bertz CT molecular complexity index is 648. The van der Waals surface area contributed by atoms with Crippen LogP contribution in [-0.4, -0.2) is 24.9 Å². The average molecular weight is 336 g/mol. The van der Waals surface area contributed by atoms with Gasteiger partial charge in [0.15, 0.2) is 0 Å². The van der Waals surface area contributed by atoms with Crippen molar-refractivity contribution in [3.8, 4) is 5.75 Å². The second-order valence-corrected chi connectivity index (χ2v) is 5.26. The summed E-state index contributed by atoms with van der Waals surface area (Å²) in [6.07, 6.45) is -0.620. The molecule has 1 unspecified atom stereocenters. The number of halogens is 1. The Balaban J connectivity index is 2.00. The van der Waals surface area contributed by atoms with Crippen LogP contribution in [0.1, 0.15) is 17.2 Å². The molecule has 2 aromatic carbocycles. The Morgan fingerprint density at radius 1 is 1.26 bits per heavy atom. The first-order chi connectivity index (χ1) is 11.1. The van der Waals surface area contributed by atoms with E-state index in [9.17, 15) is 9.90 Å². The second-order valence-electron chi connectivity index (χ2n) is 4.83. The van der Waals surface area contributed by atoms with Crippen molar-refractivity contribution in [2.75, 3.05) is 13.7 Å². The molecule has 0 radical (unpaired) electrons. The summed E-state index contributed by atoms with van der Waals surface area (Å²) >= 11 is 5.91. The number of benzene rings is 2. The third-order valence-electron chi connectivity index (χ3n) is 3.26. The van der Waals surface area contributed by atoms with Gasteiger partial charge in [-0.05, 0) is 17.7 Å². The number of hydrogen-bond donors (Lipinski definition) is 2. The lowest BCUT2D eigenvalue weighted by Gasteiger charge is -2.19. The topological polar surface area (TPSA) is 67.8 Å². The zero-order valence-corrected chi connectivity index (χ0v) is 13.4. The number of amides is 1. The fraction of sp³-hybridized carbons (Fsp3) is 0.235. The van der Waals surface area contributed by atoms with Gasteiger partial charge in [0.2, 0.25) is 0 Å². The molecule has 23 heavy (non-hydrogen) atoms. The predicted octanol–water partition coefficient (Wildman–Crippen LogP) is 3.31. The van der Waals surface area contributed by atoms with Gasteiger partial charge < -0.3 is 19.9 Å². The van der Waals surface area contributed by atoms with Crippen LogP contribution >= 0.6 is 11.6 Å². The summed E-state index contributed by atoms with van der Waals surface area (Å²) in [6.45, 7) is -0.138. The van der Waals surface area contributed by atoms with Gasteiger partial charge in [0.1, 0.15) is 12.4 Å². The van der Waals surface area contributed by atoms with E-state index in [4.69, 9.17) is 21.1 Å². The smallest absolute Gasteiger partial charge is 0.408 e. The number of hydrogen-bond acceptors (Lipinski definition) is 4. The largest absolute Gasteiger partial charge is 0.496 e. The van der Waals surface area contributed by atoms with Crippen molar-refractivity contribution in [2.45, 2.75) is 12.6 Å². The minimum absolute atomic E-state index is 0.155. The highest BCUT2D eigenvalue weighted by Crippen LogP contribution is 2.28. The van der Waals surface area contributed by atoms with Crippen molar-refractivity contribution in [1.29, 1.82) is 0 Å². The number of methoxy groups -OCH3 is 1. The van der Waals surface area contributed by atoms with Gasteiger partial charge in [-0.2, -0.15) is 0 Å². The van der Waals surface area contributed by atoms with Gasteiger partial charge in [0, 0.05) is 10.6 Å². The molecular formula is C17H18ClNO4. The summed E-state index contributed by atoms with van der Waals surface area (Å²) < 4.78 is 10.4. The Morgan fingerprint density at radius 2 is 2.00 bits per heavy atom. The molecule has 1 atom stereocenters. The number of alkyl carbamates (subject to hydrolysis) is 1. The zero-order chi connectivity index (χ0) is 16.7. The van der Waals surface area contributed by atoms with Gasteiger partial charge in [0.25, 0.3) is 0 Å². The standard InChI is InChI=1S/C17H18ClNO4/c1-22-16-9-13(18)7-8-14(16)15(10-20)19-17(21)23-11-12-5-3-2-4-6-12/h2-9,15,20H,10-11H2,1H3,(H,19,21). The molecule has 5 nitrogen and oxygen atoms in total. The summed E-state index contributed by atoms with van der Waals surface area (Å²) in [5, 5.41) is 12.7. The third-order valence-corrected chi connectivity index (χ3v) is 3.49. The summed E-state index contributed by atoms with van der Waals surface area (Å²) in [7, 11) is 1.50. The summed E-state index contributed by atoms with van der Waals surface area (Å²) in [4.78, 5) is 11.9. The predicted molar refractivity (Wildman–Crippen MR) is 87.6 cm³/mol. The summed E-state index contributed by atoms with van der Waals surface area (Å²) in [5.41, 5.74) is 1.50. The first-order valence-electron chi connectivity index (χ1n) is 7.05. The third kappa shape index (κ3) is 4.87. The second kappa shape index (κ2) is 8.41. The van der Waals surface area contributed by atoms with Crippen LogP contribution in [0, 0.1) is 0 Å². The van der Waals surface area contributed by atoms with Crippen LogP contribution in [0.25, 0.3) is 0 Å². The number of carbonyl (C=O) groups excluding carboxylic acids is 1. The molecule has 0 aliphatic rings. The molecule has 2 N–H and O–H groups in total. The van der Waals surface area contributed by atoms with Crippen LogP contribution in [0.5, 0.6) is 5.75 Å². The van der Waals surface area contributed by atoms with E-state index in [1.807, 2.05) is 30.3 Å². The molecule has 0 aromatic heterocycles. The van der Waals surface area contributed by atoms with Gasteiger partial charge >= 0.3 is 6.09 Å². The highest BCUT2D eigenvalue weighted by Gasteiger charge is 2.18. The first kappa shape index (κ1) is 17.1. The summed E-state index contributed by atoms with van der Waals surface area (Å²) in [5.74, 6) is 0.486. The molecule has 0 spiro atoms. The Kier molecular flexibility index (Phi) is 6.26. The Hall–Kier alpha value is -2.24. The molecule has 0 saturated carbocycles. The Labute approximate surface area is 139 Å². The van der Waals surface area contributed by atoms with E-state index in [0.717, 1.165) is 5.56 Å². The minimum Gasteiger partial charge on any atom is -0.496 e. The number of carbonyl (C=O) groups is 1. The van der Waals surface area contributed by atoms with Crippen LogP contribution in [0.3, 0.4) is 0 Å². The van der Waals surface area contributed by atoms with Crippen molar-refractivity contribution < 1.29 is 19.4 Å². The van der Waals surface area contributed by atoms with Gasteiger partial charge in [-0.15, -0.1) is 0 Å². The molecule has 2 aromatic rings. The lowest BCUT2D eigenvalue weighted by molar-refractivity contribution is 0.129. The number of ether oxygens (including phenoxy) is 2. The fourth-order valence-corrected chi connectivity index (χ4v) is 2.26. The van der Waals surface area contributed by atoms with E-state index in [-0.39, 0.29) is 13.2 Å². The molecule has 2 rings (SSSR count). The lowest BCUT2D eigenvalue weighted by atomic mass is 10.1. The van der Waals surface area contributed by atoms with Gasteiger partial charge in [-0.3, -0.25) is 0 Å². The van der Waals surface area contributed by atoms with Crippen LogP contribution in [-0.2, 0) is 11.3 Å². The van der Waals surface area contributed by atoms with Crippen molar-refractivity contribution in [3.63, 3.8) is 0 Å². The molecule has 0 saturated heterocycles. The van der Waals surface area contributed by atoms with E-state index in [2.05, 4.69) is 5.32 Å². The zero-order valence-electron chi connectivity index (χ0n) is 12.7. The van der Waals surface area contributed by atoms with Crippen LogP contribution in [0.15, 0.2) is 48.5 Å². The molecular weight excluding hydrogens is 318 g/mol. The number of aliphatic hydroxyl groups is 1. The molecule has 0 aliphatic carbocycles. The van der Waals surface area contributed by atoms with Gasteiger partial charge in [-0.25, -0.2) is 4.79 Å². The maximum Gasteiger partial charge on any atom is 0.408 e. The maximum absolute atomic E-state index is 11.9. The van der Waals surface area contributed by atoms with Crippen molar-refractivity contribution in [3.05, 3.63) is 64.7 Å². The van der Waals surface area contributed by atoms with E-state index < -0.39 is 12.1 Å². The van der Waals surface area contributed by atoms with E-state index in [1.54, 1.807) is 18.2 Å². The molecule has 1 amide bonds.